The highest BCUT2D eigenvalue weighted by atomic mass is 16.6. The summed E-state index contributed by atoms with van der Waals surface area (Å²) in [5.41, 5.74) is 4.41. The van der Waals surface area contributed by atoms with Crippen molar-refractivity contribution in [1.82, 2.24) is 0 Å². The minimum atomic E-state index is -0.392. The second kappa shape index (κ2) is 14.9. The molecule has 0 N–H and O–H groups in total. The van der Waals surface area contributed by atoms with Crippen LogP contribution in [0.3, 0.4) is 0 Å². The van der Waals surface area contributed by atoms with Gasteiger partial charge in [-0.3, -0.25) is 0 Å². The Kier molecular flexibility index (Phi) is 10.5. The van der Waals surface area contributed by atoms with E-state index >= 15 is 0 Å². The Labute approximate surface area is 237 Å². The highest BCUT2D eigenvalue weighted by Gasteiger charge is 2.46. The Morgan fingerprint density at radius 2 is 0.850 bits per heavy atom. The van der Waals surface area contributed by atoms with Gasteiger partial charge in [0.15, 0.2) is 0 Å². The zero-order valence-electron chi connectivity index (χ0n) is 23.0. The largest absolute Gasteiger partial charge is 0.374 e. The average molecular weight is 539 g/mol. The van der Waals surface area contributed by atoms with Crippen LogP contribution in [0.2, 0.25) is 0 Å². The van der Waals surface area contributed by atoms with E-state index in [1.165, 1.54) is 0 Å². The van der Waals surface area contributed by atoms with Gasteiger partial charge >= 0.3 is 0 Å². The smallest absolute Gasteiger partial charge is 0.115 e. The average Bonchev–Trinajstić information content (AvgIpc) is 3.01. The summed E-state index contributed by atoms with van der Waals surface area (Å²) < 4.78 is 32.5. The summed E-state index contributed by atoms with van der Waals surface area (Å²) in [4.78, 5) is 0. The van der Waals surface area contributed by atoms with E-state index in [1.807, 2.05) is 79.7 Å². The van der Waals surface area contributed by atoms with Crippen LogP contribution in [0.5, 0.6) is 0 Å². The number of rotatable bonds is 13. The van der Waals surface area contributed by atoms with E-state index in [4.69, 9.17) is 23.7 Å². The minimum absolute atomic E-state index is 0.216. The zero-order valence-corrected chi connectivity index (χ0v) is 23.0. The molecule has 0 unspecified atom stereocenters. The van der Waals surface area contributed by atoms with Crippen LogP contribution in [-0.2, 0) is 50.1 Å². The first-order valence-electron chi connectivity index (χ1n) is 14.0. The first-order chi connectivity index (χ1) is 19.8. The van der Waals surface area contributed by atoms with Crippen molar-refractivity contribution in [3.05, 3.63) is 144 Å². The van der Waals surface area contributed by atoms with Gasteiger partial charge in [0.2, 0.25) is 0 Å². The summed E-state index contributed by atoms with van der Waals surface area (Å²) >= 11 is 0. The van der Waals surface area contributed by atoms with Gasteiger partial charge in [-0.25, -0.2) is 0 Å². The van der Waals surface area contributed by atoms with Crippen molar-refractivity contribution in [2.75, 3.05) is 6.61 Å². The third kappa shape index (κ3) is 8.10. The van der Waals surface area contributed by atoms with E-state index in [2.05, 4.69) is 48.5 Å². The molecule has 1 aliphatic heterocycles. The van der Waals surface area contributed by atoms with Crippen LogP contribution >= 0.6 is 0 Å². The number of benzene rings is 4. The van der Waals surface area contributed by atoms with Crippen molar-refractivity contribution in [3.63, 3.8) is 0 Å². The molecule has 1 saturated heterocycles. The topological polar surface area (TPSA) is 46.2 Å². The zero-order chi connectivity index (χ0) is 27.4. The molecule has 1 aliphatic rings. The molecule has 4 aromatic rings. The van der Waals surface area contributed by atoms with Crippen LogP contribution in [0.4, 0.5) is 0 Å². The van der Waals surface area contributed by atoms with Crippen LogP contribution in [0.1, 0.15) is 29.2 Å². The molecule has 0 saturated carbocycles. The molecule has 5 rings (SSSR count). The Balaban J connectivity index is 1.36. The highest BCUT2D eigenvalue weighted by Crippen LogP contribution is 2.30. The van der Waals surface area contributed by atoms with E-state index in [-0.39, 0.29) is 24.4 Å². The lowest BCUT2D eigenvalue weighted by atomic mass is 9.94. The van der Waals surface area contributed by atoms with Gasteiger partial charge in [0.1, 0.15) is 24.4 Å². The van der Waals surface area contributed by atoms with Gasteiger partial charge in [0.05, 0.1) is 39.1 Å². The molecule has 4 aromatic carbocycles. The normalized spacial score (nSPS) is 22.7. The van der Waals surface area contributed by atoms with Gasteiger partial charge in [-0.05, 0) is 29.2 Å². The van der Waals surface area contributed by atoms with E-state index in [9.17, 15) is 0 Å². The van der Waals surface area contributed by atoms with Crippen molar-refractivity contribution in [1.29, 1.82) is 0 Å². The summed E-state index contributed by atoms with van der Waals surface area (Å²) in [6, 6.07) is 40.8. The second-order valence-electron chi connectivity index (χ2n) is 10.2. The Hall–Kier alpha value is -3.32. The lowest BCUT2D eigenvalue weighted by Crippen LogP contribution is -2.60. The minimum Gasteiger partial charge on any atom is -0.374 e. The van der Waals surface area contributed by atoms with Crippen molar-refractivity contribution in [3.8, 4) is 0 Å². The molecule has 0 aromatic heterocycles. The number of ether oxygens (including phenoxy) is 5. The van der Waals surface area contributed by atoms with Crippen LogP contribution in [0.15, 0.2) is 121 Å². The third-order valence-electron chi connectivity index (χ3n) is 7.12. The third-order valence-corrected chi connectivity index (χ3v) is 7.12. The molecule has 208 valence electrons. The van der Waals surface area contributed by atoms with E-state index < -0.39 is 6.10 Å². The summed E-state index contributed by atoms with van der Waals surface area (Å²) in [7, 11) is 0. The van der Waals surface area contributed by atoms with Crippen LogP contribution in [0, 0.1) is 0 Å². The van der Waals surface area contributed by atoms with Crippen molar-refractivity contribution >= 4 is 0 Å². The van der Waals surface area contributed by atoms with Gasteiger partial charge < -0.3 is 23.7 Å². The van der Waals surface area contributed by atoms with E-state index in [1.54, 1.807) is 0 Å². The van der Waals surface area contributed by atoms with Crippen molar-refractivity contribution < 1.29 is 23.7 Å². The predicted molar refractivity (Wildman–Crippen MR) is 155 cm³/mol. The second-order valence-corrected chi connectivity index (χ2v) is 10.2. The monoisotopic (exact) mass is 538 g/mol. The maximum atomic E-state index is 6.65. The van der Waals surface area contributed by atoms with E-state index in [0.717, 1.165) is 22.3 Å². The molecule has 0 radical (unpaired) electrons. The van der Waals surface area contributed by atoms with E-state index in [0.29, 0.717) is 33.0 Å². The molecule has 5 nitrogen and oxygen atoms in total. The molecule has 1 fully saturated rings. The molecule has 0 spiro atoms. The first kappa shape index (κ1) is 28.2. The quantitative estimate of drug-likeness (QED) is 0.189. The van der Waals surface area contributed by atoms with Gasteiger partial charge in [0.25, 0.3) is 0 Å². The summed E-state index contributed by atoms with van der Waals surface area (Å²) in [6.45, 7) is 4.29. The molecule has 40 heavy (non-hydrogen) atoms. The molecule has 0 bridgehead atoms. The number of hydrogen-bond donors (Lipinski definition) is 0. The SMILES string of the molecule is C[C@@H]1O[C@H](COCc2ccccc2)[C@@H](OCc2ccccc2)[C@H](OCc2ccccc2)[C@H]1OCc1ccccc1. The maximum Gasteiger partial charge on any atom is 0.115 e. The number of hydrogen-bond acceptors (Lipinski definition) is 5. The molecular formula is C35H38O5. The van der Waals surface area contributed by atoms with Gasteiger partial charge in [0, 0.05) is 0 Å². The summed E-state index contributed by atoms with van der Waals surface area (Å²) in [6.07, 6.45) is -1.61. The first-order valence-corrected chi connectivity index (χ1v) is 14.0. The van der Waals surface area contributed by atoms with Crippen molar-refractivity contribution in [2.24, 2.45) is 0 Å². The standard InChI is InChI=1S/C35H38O5/c1-27-33(37-23-29-16-8-3-9-17-29)35(39-25-31-20-12-5-13-21-31)34(38-24-30-18-10-4-11-19-30)32(40-27)26-36-22-28-14-6-2-7-15-28/h2-21,27,32-35H,22-26H2,1H3/t27-,32+,33-,34+,35+/m0/s1. The molecule has 5 heteroatoms. The molecule has 1 heterocycles. The maximum absolute atomic E-state index is 6.65. The fourth-order valence-electron chi connectivity index (χ4n) is 5.02. The molecule has 5 atom stereocenters. The Bertz CT molecular complexity index is 1240. The fraction of sp³-hybridized carbons (Fsp3) is 0.314. The summed E-state index contributed by atoms with van der Waals surface area (Å²) in [5, 5.41) is 0. The van der Waals surface area contributed by atoms with Gasteiger partial charge in [-0.1, -0.05) is 121 Å². The van der Waals surface area contributed by atoms with Crippen LogP contribution in [-0.4, -0.2) is 37.1 Å². The highest BCUT2D eigenvalue weighted by molar-refractivity contribution is 5.16. The van der Waals surface area contributed by atoms with Crippen molar-refractivity contribution in [2.45, 2.75) is 63.9 Å². The molecule has 0 aliphatic carbocycles. The Morgan fingerprint density at radius 1 is 0.475 bits per heavy atom. The lowest BCUT2D eigenvalue weighted by molar-refractivity contribution is -0.269. The Morgan fingerprint density at radius 3 is 1.30 bits per heavy atom. The lowest BCUT2D eigenvalue weighted by Gasteiger charge is -2.45. The van der Waals surface area contributed by atoms with Gasteiger partial charge in [-0.2, -0.15) is 0 Å². The summed E-state index contributed by atoms with van der Waals surface area (Å²) in [5.74, 6) is 0. The predicted octanol–water partition coefficient (Wildman–Crippen LogP) is 6.75. The van der Waals surface area contributed by atoms with Crippen LogP contribution < -0.4 is 0 Å². The van der Waals surface area contributed by atoms with Crippen LogP contribution in [0.25, 0.3) is 0 Å². The molecular weight excluding hydrogens is 500 g/mol. The van der Waals surface area contributed by atoms with Gasteiger partial charge in [-0.15, -0.1) is 0 Å². The fourth-order valence-corrected chi connectivity index (χ4v) is 5.02. The molecule has 0 amide bonds.